The largest absolute Gasteiger partial charge is 0.484 e. The number of carbonyl (C=O) groups excluding carboxylic acids is 1. The van der Waals surface area contributed by atoms with E-state index in [2.05, 4.69) is 0 Å². The number of amides is 1. The van der Waals surface area contributed by atoms with Gasteiger partial charge in [0.25, 0.3) is 11.6 Å². The van der Waals surface area contributed by atoms with Crippen molar-refractivity contribution in [3.05, 3.63) is 62.2 Å². The molecule has 1 aliphatic heterocycles. The Morgan fingerprint density at radius 2 is 1.72 bits per heavy atom. The van der Waals surface area contributed by atoms with E-state index >= 15 is 0 Å². The van der Waals surface area contributed by atoms with Crippen LogP contribution in [0.3, 0.4) is 0 Å². The Kier molecular flexibility index (Phi) is 6.82. The van der Waals surface area contributed by atoms with Gasteiger partial charge in [-0.05, 0) is 49.2 Å². The van der Waals surface area contributed by atoms with Crippen LogP contribution < -0.4 is 9.64 Å². The molecular weight excluding hydrogens is 451 g/mol. The van der Waals surface area contributed by atoms with Crippen LogP contribution in [0.25, 0.3) is 0 Å². The van der Waals surface area contributed by atoms with Gasteiger partial charge < -0.3 is 14.5 Å². The molecule has 2 aromatic carbocycles. The van der Waals surface area contributed by atoms with Crippen molar-refractivity contribution < 1.29 is 27.6 Å². The van der Waals surface area contributed by atoms with Gasteiger partial charge in [0.1, 0.15) is 11.4 Å². The summed E-state index contributed by atoms with van der Waals surface area (Å²) in [6.07, 6.45) is -4.67. The van der Waals surface area contributed by atoms with Gasteiger partial charge in [0, 0.05) is 37.3 Å². The van der Waals surface area contributed by atoms with Crippen molar-refractivity contribution in [3.63, 3.8) is 0 Å². The third-order valence-corrected chi connectivity index (χ3v) is 5.84. The van der Waals surface area contributed by atoms with E-state index in [1.807, 2.05) is 13.8 Å². The molecule has 1 heterocycles. The summed E-state index contributed by atoms with van der Waals surface area (Å²) in [4.78, 5) is 26.2. The van der Waals surface area contributed by atoms with E-state index < -0.39 is 22.4 Å². The molecule has 1 saturated heterocycles. The maximum absolute atomic E-state index is 12.9. The number of hydrogen-bond acceptors (Lipinski definition) is 5. The smallest absolute Gasteiger partial charge is 0.416 e. The average molecular weight is 472 g/mol. The van der Waals surface area contributed by atoms with E-state index in [-0.39, 0.29) is 44.4 Å². The van der Waals surface area contributed by atoms with E-state index in [0.29, 0.717) is 16.8 Å². The first kappa shape index (κ1) is 23.6. The third kappa shape index (κ3) is 5.24. The monoisotopic (exact) mass is 471 g/mol. The standard InChI is InChI=1S/C21H21ClF3N3O4/c1-13-9-16(10-14(2)20(13)22)32-12-19(29)27-7-5-26(6-8-27)17-4-3-15(21(23,24)25)11-18(17)28(30)31/h3-4,9-11H,5-8,12H2,1-2H3. The number of alkyl halides is 3. The zero-order valence-corrected chi connectivity index (χ0v) is 18.2. The van der Waals surface area contributed by atoms with Crippen molar-refractivity contribution in [2.24, 2.45) is 0 Å². The Hall–Kier alpha value is -3.01. The van der Waals surface area contributed by atoms with Crippen LogP contribution in [0.5, 0.6) is 5.75 Å². The zero-order valence-electron chi connectivity index (χ0n) is 17.4. The summed E-state index contributed by atoms with van der Waals surface area (Å²) in [6.45, 7) is 4.51. The number of halogens is 4. The quantitative estimate of drug-likeness (QED) is 0.470. The molecule has 7 nitrogen and oxygen atoms in total. The summed E-state index contributed by atoms with van der Waals surface area (Å²) >= 11 is 6.13. The fourth-order valence-corrected chi connectivity index (χ4v) is 3.65. The summed E-state index contributed by atoms with van der Waals surface area (Å²) in [5.41, 5.74) is 0.0724. The highest BCUT2D eigenvalue weighted by Crippen LogP contribution is 2.36. The van der Waals surface area contributed by atoms with E-state index in [0.717, 1.165) is 23.3 Å². The maximum atomic E-state index is 12.9. The molecule has 1 amide bonds. The van der Waals surface area contributed by atoms with Crippen molar-refractivity contribution in [2.75, 3.05) is 37.7 Å². The Morgan fingerprint density at radius 3 is 2.25 bits per heavy atom. The zero-order chi connectivity index (χ0) is 23.6. The molecule has 0 saturated carbocycles. The number of nitrogens with zero attached hydrogens (tertiary/aromatic N) is 3. The highest BCUT2D eigenvalue weighted by molar-refractivity contribution is 6.32. The summed E-state index contributed by atoms with van der Waals surface area (Å²) in [7, 11) is 0. The molecule has 3 rings (SSSR count). The second-order valence-corrected chi connectivity index (χ2v) is 7.86. The topological polar surface area (TPSA) is 75.9 Å². The van der Waals surface area contributed by atoms with E-state index in [1.54, 1.807) is 21.9 Å². The Morgan fingerprint density at radius 1 is 1.12 bits per heavy atom. The number of anilines is 1. The predicted molar refractivity (Wildman–Crippen MR) is 113 cm³/mol. The van der Waals surface area contributed by atoms with E-state index in [1.165, 1.54) is 0 Å². The Balaban J connectivity index is 1.62. The minimum atomic E-state index is -4.67. The molecule has 2 aromatic rings. The summed E-state index contributed by atoms with van der Waals surface area (Å²) in [5, 5.41) is 12.0. The van der Waals surface area contributed by atoms with Crippen LogP contribution in [0.15, 0.2) is 30.3 Å². The van der Waals surface area contributed by atoms with Gasteiger partial charge in [0.2, 0.25) is 0 Å². The Bertz CT molecular complexity index is 1010. The molecule has 1 aliphatic rings. The first-order chi connectivity index (χ1) is 15.0. The molecule has 0 aromatic heterocycles. The number of nitro groups is 1. The van der Waals surface area contributed by atoms with Gasteiger partial charge in [-0.1, -0.05) is 11.6 Å². The molecule has 0 aliphatic carbocycles. The minimum absolute atomic E-state index is 0.0958. The minimum Gasteiger partial charge on any atom is -0.484 e. The van der Waals surface area contributed by atoms with Gasteiger partial charge in [-0.25, -0.2) is 0 Å². The molecule has 0 atom stereocenters. The first-order valence-corrected chi connectivity index (χ1v) is 10.1. The lowest BCUT2D eigenvalue weighted by Crippen LogP contribution is -2.50. The number of ether oxygens (including phenoxy) is 1. The SMILES string of the molecule is Cc1cc(OCC(=O)N2CCN(c3ccc(C(F)(F)F)cc3[N+](=O)[O-])CC2)cc(C)c1Cl. The summed E-state index contributed by atoms with van der Waals surface area (Å²) < 4.78 is 44.3. The molecule has 0 spiro atoms. The number of hydrogen-bond donors (Lipinski definition) is 0. The number of nitro benzene ring substituents is 1. The van der Waals surface area contributed by atoms with Gasteiger partial charge in [0.05, 0.1) is 10.5 Å². The second-order valence-electron chi connectivity index (χ2n) is 7.49. The lowest BCUT2D eigenvalue weighted by molar-refractivity contribution is -0.384. The molecule has 11 heteroatoms. The van der Waals surface area contributed by atoms with E-state index in [4.69, 9.17) is 16.3 Å². The summed E-state index contributed by atoms with van der Waals surface area (Å²) in [6, 6.07) is 5.95. The lowest BCUT2D eigenvalue weighted by atomic mass is 10.1. The van der Waals surface area contributed by atoms with Crippen molar-refractivity contribution in [3.8, 4) is 5.75 Å². The van der Waals surface area contributed by atoms with Crippen LogP contribution in [-0.2, 0) is 11.0 Å². The molecule has 0 bridgehead atoms. The van der Waals surface area contributed by atoms with Crippen molar-refractivity contribution in [2.45, 2.75) is 20.0 Å². The lowest BCUT2D eigenvalue weighted by Gasteiger charge is -2.35. The third-order valence-electron chi connectivity index (χ3n) is 5.24. The second kappa shape index (κ2) is 9.23. The van der Waals surface area contributed by atoms with Gasteiger partial charge >= 0.3 is 6.18 Å². The van der Waals surface area contributed by atoms with Crippen LogP contribution in [-0.4, -0.2) is 48.5 Å². The number of aryl methyl sites for hydroxylation is 2. The van der Waals surface area contributed by atoms with Gasteiger partial charge in [-0.2, -0.15) is 13.2 Å². The fourth-order valence-electron chi connectivity index (χ4n) is 3.54. The van der Waals surface area contributed by atoms with Crippen molar-refractivity contribution in [1.29, 1.82) is 0 Å². The fraction of sp³-hybridized carbons (Fsp3) is 0.381. The van der Waals surface area contributed by atoms with Crippen molar-refractivity contribution >= 4 is 28.9 Å². The number of piperazine rings is 1. The molecule has 1 fully saturated rings. The Labute approximate surface area is 187 Å². The first-order valence-electron chi connectivity index (χ1n) is 9.75. The molecule has 0 unspecified atom stereocenters. The predicted octanol–water partition coefficient (Wildman–Crippen LogP) is 4.61. The number of carbonyl (C=O) groups is 1. The highest BCUT2D eigenvalue weighted by Gasteiger charge is 2.34. The summed E-state index contributed by atoms with van der Waals surface area (Å²) in [5.74, 6) is 0.272. The highest BCUT2D eigenvalue weighted by atomic mass is 35.5. The van der Waals surface area contributed by atoms with Crippen LogP contribution in [0.4, 0.5) is 24.5 Å². The van der Waals surface area contributed by atoms with E-state index in [9.17, 15) is 28.1 Å². The molecule has 172 valence electrons. The van der Waals surface area contributed by atoms with Crippen LogP contribution in [0, 0.1) is 24.0 Å². The van der Waals surface area contributed by atoms with Crippen LogP contribution in [0.1, 0.15) is 16.7 Å². The molecule has 0 N–H and O–H groups in total. The van der Waals surface area contributed by atoms with Gasteiger partial charge in [-0.3, -0.25) is 14.9 Å². The molecule has 0 radical (unpaired) electrons. The maximum Gasteiger partial charge on any atom is 0.416 e. The van der Waals surface area contributed by atoms with Crippen LogP contribution in [0.2, 0.25) is 5.02 Å². The van der Waals surface area contributed by atoms with Gasteiger partial charge in [0.15, 0.2) is 6.61 Å². The number of rotatable bonds is 5. The molecular formula is C21H21ClF3N3O4. The number of benzene rings is 2. The van der Waals surface area contributed by atoms with Crippen LogP contribution >= 0.6 is 11.6 Å². The molecule has 32 heavy (non-hydrogen) atoms. The normalized spacial score (nSPS) is 14.4. The van der Waals surface area contributed by atoms with Crippen molar-refractivity contribution in [1.82, 2.24) is 4.90 Å². The van der Waals surface area contributed by atoms with Gasteiger partial charge in [-0.15, -0.1) is 0 Å². The average Bonchev–Trinajstić information content (AvgIpc) is 2.74.